The van der Waals surface area contributed by atoms with Gasteiger partial charge in [0, 0.05) is 17.3 Å². The zero-order chi connectivity index (χ0) is 16.9. The lowest BCUT2D eigenvalue weighted by molar-refractivity contribution is 0.0754. The molecule has 0 spiro atoms. The van der Waals surface area contributed by atoms with E-state index in [-0.39, 0.29) is 6.10 Å². The Bertz CT molecular complexity index is 708. The molecule has 6 heteroatoms. The number of benzene rings is 2. The summed E-state index contributed by atoms with van der Waals surface area (Å²) in [4.78, 5) is 2.06. The minimum atomic E-state index is -0.0650. The summed E-state index contributed by atoms with van der Waals surface area (Å²) in [5, 5.41) is 4.59. The zero-order valence-electron chi connectivity index (χ0n) is 13.4. The number of anilines is 1. The second kappa shape index (κ2) is 7.73. The van der Waals surface area contributed by atoms with Gasteiger partial charge in [-0.05, 0) is 55.5 Å². The summed E-state index contributed by atoms with van der Waals surface area (Å²) in [5.41, 5.74) is 0.911. The van der Waals surface area contributed by atoms with Crippen molar-refractivity contribution < 1.29 is 9.47 Å². The summed E-state index contributed by atoms with van der Waals surface area (Å²) in [6.45, 7) is 4.01. The molecule has 1 heterocycles. The molecule has 0 aliphatic carbocycles. The highest BCUT2D eigenvalue weighted by molar-refractivity contribution is 7.80. The van der Waals surface area contributed by atoms with Crippen molar-refractivity contribution in [2.24, 2.45) is 0 Å². The monoisotopic (exact) mass is 362 g/mol. The number of thiocarbonyl (C=S) groups is 1. The van der Waals surface area contributed by atoms with E-state index in [0.29, 0.717) is 23.3 Å². The lowest BCUT2D eigenvalue weighted by Gasteiger charge is -2.32. The number of nitrogens with zero attached hydrogens (tertiary/aromatic N) is 1. The maximum Gasteiger partial charge on any atom is 0.173 e. The first kappa shape index (κ1) is 16.9. The lowest BCUT2D eigenvalue weighted by atomic mass is 10.2. The smallest absolute Gasteiger partial charge is 0.173 e. The predicted molar refractivity (Wildman–Crippen MR) is 101 cm³/mol. The van der Waals surface area contributed by atoms with E-state index in [2.05, 4.69) is 17.1 Å². The van der Waals surface area contributed by atoms with Gasteiger partial charge in [-0.25, -0.2) is 0 Å². The van der Waals surface area contributed by atoms with Crippen LogP contribution in [-0.2, 0) is 0 Å². The molecule has 4 nitrogen and oxygen atoms in total. The van der Waals surface area contributed by atoms with E-state index in [1.165, 1.54) is 0 Å². The average Bonchev–Trinajstić information content (AvgIpc) is 2.61. The summed E-state index contributed by atoms with van der Waals surface area (Å²) in [6.07, 6.45) is -0.0650. The number of rotatable bonds is 4. The maximum atomic E-state index is 6.01. The average molecular weight is 363 g/mol. The number of hydrogen-bond acceptors (Lipinski definition) is 3. The van der Waals surface area contributed by atoms with E-state index in [1.807, 2.05) is 48.5 Å². The summed E-state index contributed by atoms with van der Waals surface area (Å²) >= 11 is 11.4. The van der Waals surface area contributed by atoms with Gasteiger partial charge in [-0.15, -0.1) is 0 Å². The Kier molecular flexibility index (Phi) is 5.43. The SMILES string of the molecule is CCN(C[C@@H]1COc2ccccc2O1)C(=S)Nc1ccc(Cl)cc1. The molecule has 0 saturated heterocycles. The van der Waals surface area contributed by atoms with Gasteiger partial charge in [0.1, 0.15) is 6.61 Å². The fourth-order valence-corrected chi connectivity index (χ4v) is 2.94. The first-order valence-electron chi connectivity index (χ1n) is 7.85. The van der Waals surface area contributed by atoms with E-state index < -0.39 is 0 Å². The van der Waals surface area contributed by atoms with E-state index in [1.54, 1.807) is 0 Å². The third-order valence-corrected chi connectivity index (χ3v) is 4.37. The second-order valence-electron chi connectivity index (χ2n) is 5.47. The van der Waals surface area contributed by atoms with Crippen LogP contribution in [0.5, 0.6) is 11.5 Å². The van der Waals surface area contributed by atoms with Crippen LogP contribution in [0.15, 0.2) is 48.5 Å². The molecule has 3 rings (SSSR count). The molecule has 2 aromatic rings. The van der Waals surface area contributed by atoms with Crippen molar-refractivity contribution in [3.05, 3.63) is 53.6 Å². The van der Waals surface area contributed by atoms with Gasteiger partial charge in [0.25, 0.3) is 0 Å². The number of hydrogen-bond donors (Lipinski definition) is 1. The maximum absolute atomic E-state index is 6.01. The van der Waals surface area contributed by atoms with Crippen LogP contribution in [-0.4, -0.2) is 35.8 Å². The molecule has 0 radical (unpaired) electrons. The summed E-state index contributed by atoms with van der Waals surface area (Å²) in [7, 11) is 0. The molecule has 0 bridgehead atoms. The Morgan fingerprint density at radius 2 is 1.92 bits per heavy atom. The number of nitrogens with one attached hydrogen (secondary N) is 1. The van der Waals surface area contributed by atoms with Gasteiger partial charge in [-0.2, -0.15) is 0 Å². The van der Waals surface area contributed by atoms with E-state index in [9.17, 15) is 0 Å². The summed E-state index contributed by atoms with van der Waals surface area (Å²) in [5.74, 6) is 1.57. The molecule has 1 aliphatic heterocycles. The van der Waals surface area contributed by atoms with Crippen molar-refractivity contribution in [2.45, 2.75) is 13.0 Å². The van der Waals surface area contributed by atoms with Crippen molar-refractivity contribution in [3.8, 4) is 11.5 Å². The van der Waals surface area contributed by atoms with Gasteiger partial charge < -0.3 is 19.7 Å². The molecular weight excluding hydrogens is 344 g/mol. The highest BCUT2D eigenvalue weighted by Crippen LogP contribution is 2.31. The first-order chi connectivity index (χ1) is 11.7. The van der Waals surface area contributed by atoms with Crippen LogP contribution >= 0.6 is 23.8 Å². The van der Waals surface area contributed by atoms with E-state index in [0.717, 1.165) is 23.7 Å². The van der Waals surface area contributed by atoms with E-state index >= 15 is 0 Å². The molecule has 0 fully saturated rings. The van der Waals surface area contributed by atoms with Crippen molar-refractivity contribution >= 4 is 34.6 Å². The highest BCUT2D eigenvalue weighted by Gasteiger charge is 2.23. The summed E-state index contributed by atoms with van der Waals surface area (Å²) in [6, 6.07) is 15.2. The second-order valence-corrected chi connectivity index (χ2v) is 6.30. The molecule has 0 saturated carbocycles. The van der Waals surface area contributed by atoms with Crippen molar-refractivity contribution in [2.75, 3.05) is 25.0 Å². The minimum Gasteiger partial charge on any atom is -0.486 e. The Morgan fingerprint density at radius 3 is 2.62 bits per heavy atom. The Labute approximate surface area is 152 Å². The van der Waals surface area contributed by atoms with Crippen LogP contribution in [0, 0.1) is 0 Å². The molecule has 24 heavy (non-hydrogen) atoms. The largest absolute Gasteiger partial charge is 0.486 e. The normalized spacial score (nSPS) is 15.7. The molecule has 0 aromatic heterocycles. The van der Waals surface area contributed by atoms with Gasteiger partial charge >= 0.3 is 0 Å². The van der Waals surface area contributed by atoms with Gasteiger partial charge in [-0.3, -0.25) is 0 Å². The van der Waals surface area contributed by atoms with Crippen LogP contribution in [0.2, 0.25) is 5.02 Å². The third kappa shape index (κ3) is 4.10. The quantitative estimate of drug-likeness (QED) is 0.824. The number of halogens is 1. The van der Waals surface area contributed by atoms with Crippen molar-refractivity contribution in [3.63, 3.8) is 0 Å². The van der Waals surface area contributed by atoms with Gasteiger partial charge in [0.15, 0.2) is 22.7 Å². The predicted octanol–water partition coefficient (Wildman–Crippen LogP) is 4.20. The van der Waals surface area contributed by atoms with Crippen LogP contribution < -0.4 is 14.8 Å². The Balaban J connectivity index is 1.60. The topological polar surface area (TPSA) is 33.7 Å². The standard InChI is InChI=1S/C18H19ClN2O2S/c1-2-21(18(24)20-14-9-7-13(19)8-10-14)11-15-12-22-16-5-3-4-6-17(16)23-15/h3-10,15H,2,11-12H2,1H3,(H,20,24)/t15-/m1/s1. The van der Waals surface area contributed by atoms with Crippen molar-refractivity contribution in [1.29, 1.82) is 0 Å². The van der Waals surface area contributed by atoms with Crippen LogP contribution in [0.4, 0.5) is 5.69 Å². The van der Waals surface area contributed by atoms with Crippen LogP contribution in [0.1, 0.15) is 6.92 Å². The molecule has 126 valence electrons. The Hall–Kier alpha value is -1.98. The van der Waals surface area contributed by atoms with Gasteiger partial charge in [0.2, 0.25) is 0 Å². The molecule has 0 amide bonds. The third-order valence-electron chi connectivity index (χ3n) is 3.76. The fraction of sp³-hybridized carbons (Fsp3) is 0.278. The molecular formula is C18H19ClN2O2S. The number of para-hydroxylation sites is 2. The first-order valence-corrected chi connectivity index (χ1v) is 8.64. The van der Waals surface area contributed by atoms with Crippen LogP contribution in [0.3, 0.4) is 0 Å². The number of ether oxygens (including phenoxy) is 2. The highest BCUT2D eigenvalue weighted by atomic mass is 35.5. The number of likely N-dealkylation sites (N-methyl/N-ethyl adjacent to an activating group) is 1. The molecule has 0 unspecified atom stereocenters. The molecule has 1 N–H and O–H groups in total. The van der Waals surface area contributed by atoms with Crippen molar-refractivity contribution in [1.82, 2.24) is 4.90 Å². The minimum absolute atomic E-state index is 0.0650. The summed E-state index contributed by atoms with van der Waals surface area (Å²) < 4.78 is 11.8. The van der Waals surface area contributed by atoms with Gasteiger partial charge in [-0.1, -0.05) is 23.7 Å². The molecule has 1 aliphatic rings. The number of fused-ring (bicyclic) bond motifs is 1. The zero-order valence-corrected chi connectivity index (χ0v) is 14.9. The lowest BCUT2D eigenvalue weighted by Crippen LogP contribution is -2.45. The Morgan fingerprint density at radius 1 is 1.21 bits per heavy atom. The fourth-order valence-electron chi connectivity index (χ4n) is 2.49. The van der Waals surface area contributed by atoms with Crippen LogP contribution in [0.25, 0.3) is 0 Å². The molecule has 1 atom stereocenters. The van der Waals surface area contributed by atoms with E-state index in [4.69, 9.17) is 33.3 Å². The molecule has 2 aromatic carbocycles. The van der Waals surface area contributed by atoms with Gasteiger partial charge in [0.05, 0.1) is 6.54 Å².